The van der Waals surface area contributed by atoms with Crippen LogP contribution in [0.3, 0.4) is 0 Å². The summed E-state index contributed by atoms with van der Waals surface area (Å²) in [5.41, 5.74) is 5.71. The van der Waals surface area contributed by atoms with Gasteiger partial charge in [-0.05, 0) is 25.1 Å². The van der Waals surface area contributed by atoms with Crippen LogP contribution in [0.5, 0.6) is 5.75 Å². The maximum absolute atomic E-state index is 12.1. The molecule has 0 saturated heterocycles. The third kappa shape index (κ3) is 3.88. The molecule has 1 aromatic carbocycles. The lowest BCUT2D eigenvalue weighted by atomic mass is 10.2. The molecule has 0 fully saturated rings. The molecule has 9 heteroatoms. The van der Waals surface area contributed by atoms with Crippen molar-refractivity contribution < 1.29 is 27.1 Å². The Kier molecular flexibility index (Phi) is 3.74. The maximum atomic E-state index is 12.1. The van der Waals surface area contributed by atoms with E-state index < -0.39 is 18.0 Å². The quantitative estimate of drug-likeness (QED) is 0.851. The van der Waals surface area contributed by atoms with Gasteiger partial charge >= 0.3 is 12.4 Å². The molecule has 1 amide bonds. The average Bonchev–Trinajstić information content (AvgIpc) is 2.75. The Labute approximate surface area is 116 Å². The van der Waals surface area contributed by atoms with Crippen LogP contribution in [-0.2, 0) is 0 Å². The molecule has 0 bridgehead atoms. The smallest absolute Gasteiger partial charge is 0.432 e. The first-order chi connectivity index (χ1) is 9.74. The number of hydrogen-bond donors (Lipinski definition) is 2. The van der Waals surface area contributed by atoms with E-state index in [1.807, 2.05) is 0 Å². The van der Waals surface area contributed by atoms with Gasteiger partial charge in [-0.15, -0.1) is 13.2 Å². The van der Waals surface area contributed by atoms with Gasteiger partial charge in [-0.3, -0.25) is 10.1 Å². The van der Waals surface area contributed by atoms with Crippen LogP contribution in [0.4, 0.5) is 24.9 Å². The molecule has 0 unspecified atom stereocenters. The largest absolute Gasteiger partial charge is 0.573 e. The highest BCUT2D eigenvalue weighted by molar-refractivity contribution is 6.03. The second-order valence-electron chi connectivity index (χ2n) is 4.05. The number of amides is 1. The molecule has 21 heavy (non-hydrogen) atoms. The van der Waals surface area contributed by atoms with E-state index in [4.69, 9.17) is 10.2 Å². The molecule has 1 heterocycles. The van der Waals surface area contributed by atoms with E-state index in [0.29, 0.717) is 5.69 Å². The van der Waals surface area contributed by atoms with Crippen LogP contribution in [0.1, 0.15) is 16.1 Å². The number of nitrogens with two attached hydrogens (primary N) is 1. The first kappa shape index (κ1) is 14.7. The number of hydrogen-bond acceptors (Lipinski definition) is 5. The topological polar surface area (TPSA) is 90.4 Å². The number of oxazole rings is 1. The van der Waals surface area contributed by atoms with Crippen molar-refractivity contribution >= 4 is 17.6 Å². The van der Waals surface area contributed by atoms with E-state index in [9.17, 15) is 18.0 Å². The normalized spacial score (nSPS) is 11.2. The number of halogens is 3. The summed E-state index contributed by atoms with van der Waals surface area (Å²) >= 11 is 0. The molecule has 2 rings (SSSR count). The van der Waals surface area contributed by atoms with Crippen molar-refractivity contribution in [2.24, 2.45) is 0 Å². The second kappa shape index (κ2) is 5.35. The monoisotopic (exact) mass is 301 g/mol. The maximum Gasteiger partial charge on any atom is 0.573 e. The van der Waals surface area contributed by atoms with Crippen molar-refractivity contribution in [3.8, 4) is 5.75 Å². The minimum atomic E-state index is -4.85. The minimum absolute atomic E-state index is 0.0216. The summed E-state index contributed by atoms with van der Waals surface area (Å²) in [4.78, 5) is 15.7. The molecule has 1 aromatic heterocycles. The standard InChI is InChI=1S/C12H10F3N3O3/c1-6-5-20-11(17-6)18-10(19)7-2-3-9(8(16)4-7)21-12(13,14)15/h2-5H,16H2,1H3,(H,17,18,19). The van der Waals surface area contributed by atoms with Crippen molar-refractivity contribution in [3.63, 3.8) is 0 Å². The summed E-state index contributed by atoms with van der Waals surface area (Å²) in [6.07, 6.45) is -3.52. The Hall–Kier alpha value is -2.71. The molecule has 3 N–H and O–H groups in total. The van der Waals surface area contributed by atoms with Crippen molar-refractivity contribution in [3.05, 3.63) is 35.7 Å². The minimum Gasteiger partial charge on any atom is -0.432 e. The number of nitrogens with one attached hydrogen (secondary N) is 1. The molecule has 112 valence electrons. The van der Waals surface area contributed by atoms with Crippen LogP contribution in [-0.4, -0.2) is 17.3 Å². The Morgan fingerprint density at radius 2 is 2.14 bits per heavy atom. The lowest BCUT2D eigenvalue weighted by Crippen LogP contribution is -2.18. The number of aromatic nitrogens is 1. The fourth-order valence-electron chi connectivity index (χ4n) is 1.49. The van der Waals surface area contributed by atoms with Crippen LogP contribution in [0.15, 0.2) is 28.9 Å². The van der Waals surface area contributed by atoms with Gasteiger partial charge in [0.05, 0.1) is 11.4 Å². The fraction of sp³-hybridized carbons (Fsp3) is 0.167. The van der Waals surface area contributed by atoms with Gasteiger partial charge in [-0.25, -0.2) is 0 Å². The Morgan fingerprint density at radius 1 is 1.43 bits per heavy atom. The number of anilines is 2. The van der Waals surface area contributed by atoms with E-state index in [2.05, 4.69) is 15.0 Å². The number of alkyl halides is 3. The summed E-state index contributed by atoms with van der Waals surface area (Å²) in [7, 11) is 0. The van der Waals surface area contributed by atoms with Crippen LogP contribution in [0.25, 0.3) is 0 Å². The van der Waals surface area contributed by atoms with Crippen LogP contribution in [0, 0.1) is 6.92 Å². The molecule has 0 radical (unpaired) electrons. The molecule has 0 atom stereocenters. The van der Waals surface area contributed by atoms with Gasteiger partial charge in [0, 0.05) is 5.56 Å². The van der Waals surface area contributed by atoms with Gasteiger partial charge in [0.2, 0.25) is 0 Å². The lowest BCUT2D eigenvalue weighted by molar-refractivity contribution is -0.274. The van der Waals surface area contributed by atoms with Crippen LogP contribution in [0.2, 0.25) is 0 Å². The number of nitrogen functional groups attached to an aromatic ring is 1. The number of nitrogens with zero attached hydrogens (tertiary/aromatic N) is 1. The van der Waals surface area contributed by atoms with Gasteiger partial charge < -0.3 is 14.9 Å². The molecular formula is C12H10F3N3O3. The van der Waals surface area contributed by atoms with Crippen LogP contribution >= 0.6 is 0 Å². The molecule has 0 aliphatic rings. The Balaban J connectivity index is 2.14. The predicted octanol–water partition coefficient (Wildman–Crippen LogP) is 2.72. The van der Waals surface area contributed by atoms with E-state index in [-0.39, 0.29) is 17.3 Å². The molecule has 0 saturated carbocycles. The Morgan fingerprint density at radius 3 is 2.67 bits per heavy atom. The predicted molar refractivity (Wildman–Crippen MR) is 66.7 cm³/mol. The molecule has 0 spiro atoms. The van der Waals surface area contributed by atoms with Gasteiger partial charge in [0.1, 0.15) is 6.26 Å². The summed E-state index contributed by atoms with van der Waals surface area (Å²) in [6, 6.07) is 3.14. The highest BCUT2D eigenvalue weighted by atomic mass is 19.4. The lowest BCUT2D eigenvalue weighted by Gasteiger charge is -2.11. The zero-order valence-corrected chi connectivity index (χ0v) is 10.7. The molecular weight excluding hydrogens is 291 g/mol. The number of carbonyl (C=O) groups excluding carboxylic acids is 1. The van der Waals surface area contributed by atoms with Crippen LogP contribution < -0.4 is 15.8 Å². The number of benzene rings is 1. The van der Waals surface area contributed by atoms with Crippen molar-refractivity contribution in [2.75, 3.05) is 11.1 Å². The molecule has 0 aliphatic carbocycles. The van der Waals surface area contributed by atoms with E-state index in [0.717, 1.165) is 18.2 Å². The van der Waals surface area contributed by atoms with Crippen molar-refractivity contribution in [1.29, 1.82) is 0 Å². The van der Waals surface area contributed by atoms with E-state index in [1.54, 1.807) is 6.92 Å². The molecule has 0 aliphatic heterocycles. The highest BCUT2D eigenvalue weighted by Gasteiger charge is 2.32. The van der Waals surface area contributed by atoms with Gasteiger partial charge in [0.25, 0.3) is 5.91 Å². The first-order valence-corrected chi connectivity index (χ1v) is 5.63. The third-order valence-electron chi connectivity index (χ3n) is 2.34. The van der Waals surface area contributed by atoms with Gasteiger partial charge in [-0.2, -0.15) is 4.98 Å². The Bertz CT molecular complexity index is 667. The second-order valence-corrected chi connectivity index (χ2v) is 4.05. The summed E-state index contributed by atoms with van der Waals surface area (Å²) in [5, 5.41) is 2.34. The van der Waals surface area contributed by atoms with E-state index in [1.165, 1.54) is 6.26 Å². The van der Waals surface area contributed by atoms with Gasteiger partial charge in [0.15, 0.2) is 5.75 Å². The zero-order chi connectivity index (χ0) is 15.6. The summed E-state index contributed by atoms with van der Waals surface area (Å²) in [5.74, 6) is -1.20. The van der Waals surface area contributed by atoms with Gasteiger partial charge in [-0.1, -0.05) is 0 Å². The van der Waals surface area contributed by atoms with E-state index >= 15 is 0 Å². The number of carbonyl (C=O) groups is 1. The molecule has 2 aromatic rings. The first-order valence-electron chi connectivity index (χ1n) is 5.63. The zero-order valence-electron chi connectivity index (χ0n) is 10.7. The summed E-state index contributed by atoms with van der Waals surface area (Å²) < 4.78 is 44.9. The fourth-order valence-corrected chi connectivity index (χ4v) is 1.49. The van der Waals surface area contributed by atoms with Crippen molar-refractivity contribution in [1.82, 2.24) is 4.98 Å². The summed E-state index contributed by atoms with van der Waals surface area (Å²) in [6.45, 7) is 1.67. The molecule has 6 nitrogen and oxygen atoms in total. The SMILES string of the molecule is Cc1coc(NC(=O)c2ccc(OC(F)(F)F)c(N)c2)n1. The number of rotatable bonds is 3. The average molecular weight is 301 g/mol. The van der Waals surface area contributed by atoms with Crippen molar-refractivity contribution in [2.45, 2.75) is 13.3 Å². The highest BCUT2D eigenvalue weighted by Crippen LogP contribution is 2.29. The number of aryl methyl sites for hydroxylation is 1. The third-order valence-corrected chi connectivity index (χ3v) is 2.34. The number of ether oxygens (including phenoxy) is 1.